The summed E-state index contributed by atoms with van der Waals surface area (Å²) >= 11 is 1.65. The van der Waals surface area contributed by atoms with Crippen molar-refractivity contribution in [1.29, 1.82) is 5.26 Å². The summed E-state index contributed by atoms with van der Waals surface area (Å²) in [5, 5.41) is 49.2. The molecule has 0 spiro atoms. The molecule has 2 aromatic rings. The first kappa shape index (κ1) is 20.8. The number of hydrogen-bond acceptors (Lipinski definition) is 7. The molecule has 7 heteroatoms. The number of ether oxygens (including phenoxy) is 1. The van der Waals surface area contributed by atoms with E-state index in [9.17, 15) is 25.7 Å². The van der Waals surface area contributed by atoms with E-state index >= 15 is 0 Å². The average molecular weight is 401 g/mol. The van der Waals surface area contributed by atoms with Gasteiger partial charge in [-0.3, -0.25) is 0 Å². The van der Waals surface area contributed by atoms with Crippen LogP contribution in [0.1, 0.15) is 28.4 Å². The van der Waals surface area contributed by atoms with Gasteiger partial charge in [0, 0.05) is 4.90 Å². The second-order valence-electron chi connectivity index (χ2n) is 6.80. The van der Waals surface area contributed by atoms with E-state index < -0.39 is 37.1 Å². The van der Waals surface area contributed by atoms with E-state index in [1.54, 1.807) is 30.0 Å². The lowest BCUT2D eigenvalue weighted by molar-refractivity contribution is -0.231. The zero-order chi connectivity index (χ0) is 20.3. The van der Waals surface area contributed by atoms with Crippen LogP contribution in [0.25, 0.3) is 0 Å². The van der Waals surface area contributed by atoms with Crippen LogP contribution in [0.2, 0.25) is 0 Å². The Bertz CT molecular complexity index is 849. The number of nitriles is 1. The molecule has 6 nitrogen and oxygen atoms in total. The van der Waals surface area contributed by atoms with Gasteiger partial charge in [-0.25, -0.2) is 0 Å². The smallest absolute Gasteiger partial charge is 0.113 e. The number of aliphatic hydroxyl groups excluding tert-OH is 4. The maximum absolute atomic E-state index is 10.4. The molecule has 1 aliphatic heterocycles. The molecule has 0 radical (unpaired) electrons. The predicted octanol–water partition coefficient (Wildman–Crippen LogP) is 1.39. The molecule has 1 fully saturated rings. The Labute approximate surface area is 168 Å². The highest BCUT2D eigenvalue weighted by molar-refractivity contribution is 7.98. The molecule has 28 heavy (non-hydrogen) atoms. The van der Waals surface area contributed by atoms with Crippen LogP contribution in [0.4, 0.5) is 0 Å². The normalized spacial score (nSPS) is 27.4. The summed E-state index contributed by atoms with van der Waals surface area (Å²) in [5.41, 5.74) is 2.91. The summed E-state index contributed by atoms with van der Waals surface area (Å²) in [5.74, 6) is 0. The molecule has 5 atom stereocenters. The molecule has 2 aromatic carbocycles. The monoisotopic (exact) mass is 401 g/mol. The van der Waals surface area contributed by atoms with Gasteiger partial charge in [0.15, 0.2) is 0 Å². The number of benzene rings is 2. The fourth-order valence-corrected chi connectivity index (χ4v) is 3.79. The Kier molecular flexibility index (Phi) is 6.73. The lowest BCUT2D eigenvalue weighted by Crippen LogP contribution is -2.55. The first-order valence-electron chi connectivity index (χ1n) is 8.94. The molecule has 1 aliphatic rings. The average Bonchev–Trinajstić information content (AvgIpc) is 2.73. The quantitative estimate of drug-likeness (QED) is 0.560. The Morgan fingerprint density at radius 3 is 2.36 bits per heavy atom. The maximum atomic E-state index is 10.4. The van der Waals surface area contributed by atoms with Gasteiger partial charge in [-0.1, -0.05) is 24.3 Å². The molecule has 2 unspecified atom stereocenters. The van der Waals surface area contributed by atoms with E-state index in [1.807, 2.05) is 30.5 Å². The van der Waals surface area contributed by atoms with Crippen LogP contribution in [-0.2, 0) is 11.2 Å². The predicted molar refractivity (Wildman–Crippen MR) is 105 cm³/mol. The van der Waals surface area contributed by atoms with Crippen LogP contribution in [0, 0.1) is 11.3 Å². The van der Waals surface area contributed by atoms with Gasteiger partial charge in [0.1, 0.15) is 30.5 Å². The summed E-state index contributed by atoms with van der Waals surface area (Å²) in [6.45, 7) is -0.480. The Balaban J connectivity index is 1.90. The minimum absolute atomic E-state index is 0.480. The zero-order valence-electron chi connectivity index (χ0n) is 15.4. The van der Waals surface area contributed by atoms with Crippen molar-refractivity contribution >= 4 is 11.8 Å². The third-order valence-corrected chi connectivity index (χ3v) is 5.77. The SMILES string of the molecule is CSc1ccc(Cc2cc(C3O[C@H](CO)[C@@H](O)C(O)[C@H]3O)ccc2C#N)cc1. The van der Waals surface area contributed by atoms with Crippen LogP contribution in [0.15, 0.2) is 47.4 Å². The first-order valence-corrected chi connectivity index (χ1v) is 10.2. The molecular weight excluding hydrogens is 378 g/mol. The summed E-state index contributed by atoms with van der Waals surface area (Å²) in [4.78, 5) is 1.15. The second kappa shape index (κ2) is 9.05. The van der Waals surface area contributed by atoms with Crippen LogP contribution in [-0.4, -0.2) is 57.7 Å². The maximum Gasteiger partial charge on any atom is 0.113 e. The molecule has 148 valence electrons. The van der Waals surface area contributed by atoms with Gasteiger partial charge in [0.05, 0.1) is 18.2 Å². The zero-order valence-corrected chi connectivity index (χ0v) is 16.2. The highest BCUT2D eigenvalue weighted by Crippen LogP contribution is 2.33. The lowest BCUT2D eigenvalue weighted by atomic mass is 9.89. The Morgan fingerprint density at radius 1 is 1.04 bits per heavy atom. The van der Waals surface area contributed by atoms with Crippen molar-refractivity contribution in [2.45, 2.75) is 41.8 Å². The fourth-order valence-electron chi connectivity index (χ4n) is 3.39. The third kappa shape index (κ3) is 4.23. The summed E-state index contributed by atoms with van der Waals surface area (Å²) in [6.07, 6.45) is -3.53. The van der Waals surface area contributed by atoms with Crippen molar-refractivity contribution in [3.05, 3.63) is 64.7 Å². The van der Waals surface area contributed by atoms with Crippen molar-refractivity contribution in [2.75, 3.05) is 12.9 Å². The van der Waals surface area contributed by atoms with Gasteiger partial charge in [-0.05, 0) is 47.6 Å². The molecule has 0 aliphatic carbocycles. The molecule has 0 amide bonds. The number of rotatable bonds is 5. The van der Waals surface area contributed by atoms with Crippen LogP contribution >= 0.6 is 11.8 Å². The van der Waals surface area contributed by atoms with E-state index in [2.05, 4.69) is 6.07 Å². The molecule has 1 saturated heterocycles. The number of aliphatic hydroxyl groups is 4. The van der Waals surface area contributed by atoms with Crippen molar-refractivity contribution in [2.24, 2.45) is 0 Å². The summed E-state index contributed by atoms with van der Waals surface area (Å²) in [7, 11) is 0. The van der Waals surface area contributed by atoms with E-state index in [-0.39, 0.29) is 0 Å². The van der Waals surface area contributed by atoms with E-state index in [4.69, 9.17) is 4.74 Å². The first-order chi connectivity index (χ1) is 13.5. The summed E-state index contributed by atoms with van der Waals surface area (Å²) < 4.78 is 5.63. The Hall–Kier alpha value is -1.92. The topological polar surface area (TPSA) is 114 Å². The van der Waals surface area contributed by atoms with Gasteiger partial charge < -0.3 is 25.2 Å². The van der Waals surface area contributed by atoms with Crippen LogP contribution in [0.5, 0.6) is 0 Å². The molecular formula is C21H23NO5S. The minimum Gasteiger partial charge on any atom is -0.394 e. The number of hydrogen-bond donors (Lipinski definition) is 4. The van der Waals surface area contributed by atoms with Crippen molar-refractivity contribution in [3.8, 4) is 6.07 Å². The standard InChI is InChI=1S/C21H23NO5S/c1-28-16-6-2-12(3-7-16)8-15-9-13(4-5-14(15)10-22)21-20(26)19(25)18(24)17(11-23)27-21/h2-7,9,17-21,23-26H,8,11H2,1H3/t17-,18-,19?,20-,21?/m1/s1. The molecule has 1 heterocycles. The fraction of sp³-hybridized carbons (Fsp3) is 0.381. The van der Waals surface area contributed by atoms with Gasteiger partial charge in [0.2, 0.25) is 0 Å². The van der Waals surface area contributed by atoms with E-state index in [1.165, 1.54) is 0 Å². The van der Waals surface area contributed by atoms with Crippen molar-refractivity contribution < 1.29 is 25.2 Å². The molecule has 0 aromatic heterocycles. The molecule has 0 saturated carbocycles. The van der Waals surface area contributed by atoms with Gasteiger partial charge in [-0.15, -0.1) is 11.8 Å². The lowest BCUT2D eigenvalue weighted by Gasteiger charge is -2.40. The van der Waals surface area contributed by atoms with Crippen LogP contribution in [0.3, 0.4) is 0 Å². The van der Waals surface area contributed by atoms with Gasteiger partial charge in [-0.2, -0.15) is 5.26 Å². The van der Waals surface area contributed by atoms with Gasteiger partial charge in [0.25, 0.3) is 0 Å². The minimum atomic E-state index is -1.44. The van der Waals surface area contributed by atoms with Crippen molar-refractivity contribution in [1.82, 2.24) is 0 Å². The second-order valence-corrected chi connectivity index (χ2v) is 7.68. The molecule has 0 bridgehead atoms. The van der Waals surface area contributed by atoms with E-state index in [0.717, 1.165) is 16.0 Å². The number of nitrogens with zero attached hydrogens (tertiary/aromatic N) is 1. The van der Waals surface area contributed by atoms with E-state index in [0.29, 0.717) is 17.5 Å². The summed E-state index contributed by atoms with van der Waals surface area (Å²) in [6, 6.07) is 15.3. The Morgan fingerprint density at radius 2 is 1.75 bits per heavy atom. The van der Waals surface area contributed by atoms with Crippen LogP contribution < -0.4 is 0 Å². The number of thioether (sulfide) groups is 1. The molecule has 4 N–H and O–H groups in total. The largest absolute Gasteiger partial charge is 0.394 e. The highest BCUT2D eigenvalue weighted by Gasteiger charge is 2.44. The van der Waals surface area contributed by atoms with Crippen molar-refractivity contribution in [3.63, 3.8) is 0 Å². The third-order valence-electron chi connectivity index (χ3n) is 5.02. The molecule has 3 rings (SSSR count). The highest BCUT2D eigenvalue weighted by atomic mass is 32.2. The van der Waals surface area contributed by atoms with Gasteiger partial charge >= 0.3 is 0 Å².